The van der Waals surface area contributed by atoms with Crippen molar-refractivity contribution in [1.82, 2.24) is 14.5 Å². The first-order valence-corrected chi connectivity index (χ1v) is 11.7. The second-order valence-electron chi connectivity index (χ2n) is 7.86. The first kappa shape index (κ1) is 22.4. The van der Waals surface area contributed by atoms with Gasteiger partial charge >= 0.3 is 0 Å². The van der Waals surface area contributed by atoms with Crippen molar-refractivity contribution >= 4 is 51.0 Å². The smallest absolute Gasteiger partial charge is 0.283 e. The third kappa shape index (κ3) is 4.26. The monoisotopic (exact) mass is 485 g/mol. The maximum Gasteiger partial charge on any atom is 0.283 e. The molecule has 0 aliphatic rings. The zero-order chi connectivity index (χ0) is 24.5. The lowest BCUT2D eigenvalue weighted by molar-refractivity contribution is -0.384. The minimum Gasteiger partial charge on any atom is -0.349 e. The summed E-state index contributed by atoms with van der Waals surface area (Å²) in [6.07, 6.45) is 0. The van der Waals surface area contributed by atoms with E-state index in [-0.39, 0.29) is 22.9 Å². The van der Waals surface area contributed by atoms with Crippen molar-refractivity contribution in [1.29, 1.82) is 0 Å². The van der Waals surface area contributed by atoms with Crippen molar-refractivity contribution in [3.63, 3.8) is 0 Å². The molecule has 35 heavy (non-hydrogen) atoms. The number of nitrogens with one attached hydrogen (secondary N) is 2. The van der Waals surface area contributed by atoms with Crippen LogP contribution in [-0.4, -0.2) is 31.1 Å². The van der Waals surface area contributed by atoms with Crippen LogP contribution in [0.1, 0.15) is 5.56 Å². The number of amides is 1. The van der Waals surface area contributed by atoms with Gasteiger partial charge in [-0.2, -0.15) is 0 Å². The largest absolute Gasteiger partial charge is 0.349 e. The molecule has 9 nitrogen and oxygen atoms in total. The highest BCUT2D eigenvalue weighted by Crippen LogP contribution is 2.27. The van der Waals surface area contributed by atoms with E-state index in [1.165, 1.54) is 22.8 Å². The van der Waals surface area contributed by atoms with E-state index >= 15 is 0 Å². The molecule has 5 aromatic rings. The number of H-pyrrole nitrogens is 1. The third-order valence-electron chi connectivity index (χ3n) is 5.52. The molecule has 5 rings (SSSR count). The van der Waals surface area contributed by atoms with Crippen LogP contribution in [0.5, 0.6) is 0 Å². The summed E-state index contributed by atoms with van der Waals surface area (Å²) >= 11 is 1.12. The lowest BCUT2D eigenvalue weighted by atomic mass is 10.2. The molecule has 0 bridgehead atoms. The number of aromatic amines is 1. The highest BCUT2D eigenvalue weighted by molar-refractivity contribution is 7.99. The number of nitro groups is 1. The summed E-state index contributed by atoms with van der Waals surface area (Å²) in [7, 11) is 0. The number of thioether (sulfide) groups is 1. The van der Waals surface area contributed by atoms with Crippen LogP contribution in [0.15, 0.2) is 82.7 Å². The van der Waals surface area contributed by atoms with Crippen LogP contribution < -0.4 is 10.9 Å². The average molecular weight is 486 g/mol. The topological polar surface area (TPSA) is 123 Å². The fraction of sp³-hybridized carbons (Fsp3) is 0.0800. The molecule has 3 aromatic carbocycles. The van der Waals surface area contributed by atoms with Crippen molar-refractivity contribution in [2.24, 2.45) is 0 Å². The maximum atomic E-state index is 13.6. The molecule has 2 heterocycles. The molecule has 0 unspecified atom stereocenters. The van der Waals surface area contributed by atoms with E-state index in [1.807, 2.05) is 55.5 Å². The van der Waals surface area contributed by atoms with Gasteiger partial charge in [-0.05, 0) is 30.7 Å². The lowest BCUT2D eigenvalue weighted by Gasteiger charge is -2.14. The van der Waals surface area contributed by atoms with Gasteiger partial charge in [-0.1, -0.05) is 54.2 Å². The molecule has 0 saturated carbocycles. The average Bonchev–Trinajstić information content (AvgIpc) is 3.23. The molecule has 0 atom stereocenters. The van der Waals surface area contributed by atoms with Crippen molar-refractivity contribution in [2.75, 3.05) is 11.1 Å². The van der Waals surface area contributed by atoms with Gasteiger partial charge in [0.25, 0.3) is 11.2 Å². The number of fused-ring (bicyclic) bond motifs is 3. The zero-order valence-electron chi connectivity index (χ0n) is 18.5. The van der Waals surface area contributed by atoms with E-state index < -0.39 is 4.92 Å². The summed E-state index contributed by atoms with van der Waals surface area (Å²) in [4.78, 5) is 44.7. The van der Waals surface area contributed by atoms with E-state index in [1.54, 1.807) is 6.07 Å². The Labute approximate surface area is 203 Å². The maximum absolute atomic E-state index is 13.6. The molecule has 0 fully saturated rings. The Morgan fingerprint density at radius 3 is 2.69 bits per heavy atom. The van der Waals surface area contributed by atoms with E-state index in [2.05, 4.69) is 10.3 Å². The Balaban J connectivity index is 1.54. The second kappa shape index (κ2) is 9.07. The van der Waals surface area contributed by atoms with Crippen LogP contribution in [0.2, 0.25) is 0 Å². The van der Waals surface area contributed by atoms with Gasteiger partial charge in [0.05, 0.1) is 16.4 Å². The number of hydrogen-bond acceptors (Lipinski definition) is 6. The number of rotatable bonds is 6. The Bertz CT molecular complexity index is 1670. The van der Waals surface area contributed by atoms with Crippen LogP contribution in [0.3, 0.4) is 0 Å². The van der Waals surface area contributed by atoms with Crippen LogP contribution in [0, 0.1) is 17.0 Å². The Kier molecular flexibility index (Phi) is 5.79. The van der Waals surface area contributed by atoms with Gasteiger partial charge in [-0.15, -0.1) is 0 Å². The van der Waals surface area contributed by atoms with Gasteiger partial charge in [-0.3, -0.25) is 24.3 Å². The summed E-state index contributed by atoms with van der Waals surface area (Å²) in [6.45, 7) is 1.90. The molecule has 0 spiro atoms. The molecule has 0 saturated heterocycles. The predicted octanol–water partition coefficient (Wildman–Crippen LogP) is 4.81. The van der Waals surface area contributed by atoms with Crippen LogP contribution in [0.25, 0.3) is 27.6 Å². The normalized spacial score (nSPS) is 11.1. The predicted molar refractivity (Wildman–Crippen MR) is 136 cm³/mol. The van der Waals surface area contributed by atoms with Gasteiger partial charge < -0.3 is 10.3 Å². The SMILES string of the molecule is Cc1ccccc1-n1c(SCC(=O)Nc2cccc([N+](=O)[O-])c2)nc2c([nH]c3ccccc32)c1=O. The highest BCUT2D eigenvalue weighted by Gasteiger charge is 2.19. The van der Waals surface area contributed by atoms with Crippen LogP contribution in [-0.2, 0) is 4.79 Å². The van der Waals surface area contributed by atoms with E-state index in [0.29, 0.717) is 27.6 Å². The van der Waals surface area contributed by atoms with Crippen LogP contribution >= 0.6 is 11.8 Å². The summed E-state index contributed by atoms with van der Waals surface area (Å²) in [6, 6.07) is 20.7. The van der Waals surface area contributed by atoms with E-state index in [4.69, 9.17) is 4.98 Å². The van der Waals surface area contributed by atoms with Gasteiger partial charge in [0.2, 0.25) is 5.91 Å². The number of nitrogens with zero attached hydrogens (tertiary/aromatic N) is 3. The third-order valence-corrected chi connectivity index (χ3v) is 6.46. The zero-order valence-corrected chi connectivity index (χ0v) is 19.3. The summed E-state index contributed by atoms with van der Waals surface area (Å²) < 4.78 is 1.51. The number of hydrogen-bond donors (Lipinski definition) is 2. The first-order valence-electron chi connectivity index (χ1n) is 10.7. The van der Waals surface area contributed by atoms with Crippen molar-refractivity contribution in [2.45, 2.75) is 12.1 Å². The number of nitro benzene ring substituents is 1. The highest BCUT2D eigenvalue weighted by atomic mass is 32.2. The molecule has 10 heteroatoms. The Hall–Kier alpha value is -4.44. The summed E-state index contributed by atoms with van der Waals surface area (Å²) in [5.74, 6) is -0.422. The number of carbonyl (C=O) groups excluding carboxylic acids is 1. The second-order valence-corrected chi connectivity index (χ2v) is 8.80. The van der Waals surface area contributed by atoms with Crippen molar-refractivity contribution < 1.29 is 9.72 Å². The Morgan fingerprint density at radius 2 is 1.89 bits per heavy atom. The van der Waals surface area contributed by atoms with E-state index in [0.717, 1.165) is 28.2 Å². The number of aromatic nitrogens is 3. The fourth-order valence-corrected chi connectivity index (χ4v) is 4.69. The van der Waals surface area contributed by atoms with Gasteiger partial charge in [0.15, 0.2) is 5.16 Å². The lowest BCUT2D eigenvalue weighted by Crippen LogP contribution is -2.23. The molecular formula is C25H19N5O4S. The molecule has 2 N–H and O–H groups in total. The Morgan fingerprint density at radius 1 is 1.11 bits per heavy atom. The number of anilines is 1. The number of non-ortho nitro benzene ring substituents is 1. The van der Waals surface area contributed by atoms with Gasteiger partial charge in [0, 0.05) is 28.7 Å². The standard InChI is InChI=1S/C25H19N5O4S/c1-15-7-2-5-12-20(15)29-24(32)23-22(18-10-3-4-11-19(18)27-23)28-25(29)35-14-21(31)26-16-8-6-9-17(13-16)30(33)34/h2-13,27H,14H2,1H3,(H,26,31). The van der Waals surface area contributed by atoms with Gasteiger partial charge in [-0.25, -0.2) is 4.98 Å². The number of benzene rings is 3. The number of carbonyl (C=O) groups is 1. The van der Waals surface area contributed by atoms with Gasteiger partial charge in [0.1, 0.15) is 11.0 Å². The minimum atomic E-state index is -0.522. The molecule has 1 amide bonds. The van der Waals surface area contributed by atoms with Crippen LogP contribution in [0.4, 0.5) is 11.4 Å². The number of aryl methyl sites for hydroxylation is 1. The summed E-state index contributed by atoms with van der Waals surface area (Å²) in [5.41, 5.74) is 3.23. The molecular weight excluding hydrogens is 466 g/mol. The minimum absolute atomic E-state index is 0.0468. The molecule has 0 aliphatic heterocycles. The van der Waals surface area contributed by atoms with Crippen molar-refractivity contribution in [3.05, 3.63) is 98.8 Å². The fourth-order valence-electron chi connectivity index (χ4n) is 3.89. The molecule has 174 valence electrons. The molecule has 0 radical (unpaired) electrons. The molecule has 0 aliphatic carbocycles. The summed E-state index contributed by atoms with van der Waals surface area (Å²) in [5, 5.41) is 14.9. The molecule has 2 aromatic heterocycles. The first-order chi connectivity index (χ1) is 16.9. The quantitative estimate of drug-likeness (QED) is 0.154. The van der Waals surface area contributed by atoms with Crippen molar-refractivity contribution in [3.8, 4) is 5.69 Å². The van der Waals surface area contributed by atoms with E-state index in [9.17, 15) is 19.7 Å². The number of para-hydroxylation sites is 2.